The van der Waals surface area contributed by atoms with E-state index in [9.17, 15) is 0 Å². The van der Waals surface area contributed by atoms with Gasteiger partial charge in [-0.1, -0.05) is 42.5 Å². The van der Waals surface area contributed by atoms with E-state index >= 15 is 0 Å². The normalized spacial score (nSPS) is 21.5. The lowest BCUT2D eigenvalue weighted by Gasteiger charge is -2.32. The van der Waals surface area contributed by atoms with Crippen molar-refractivity contribution in [2.75, 3.05) is 0 Å². The van der Waals surface area contributed by atoms with Gasteiger partial charge in [-0.05, 0) is 61.9 Å². The molecule has 0 radical (unpaired) electrons. The van der Waals surface area contributed by atoms with Crippen LogP contribution in [0.25, 0.3) is 11.1 Å². The highest BCUT2D eigenvalue weighted by Gasteiger charge is 2.53. The summed E-state index contributed by atoms with van der Waals surface area (Å²) in [5.41, 5.74) is 12.2. The van der Waals surface area contributed by atoms with E-state index in [2.05, 4.69) is 70.2 Å². The van der Waals surface area contributed by atoms with Crippen LogP contribution in [0.2, 0.25) is 0 Å². The third-order valence-electron chi connectivity index (χ3n) is 5.77. The van der Waals surface area contributed by atoms with E-state index in [1.54, 1.807) is 0 Å². The van der Waals surface area contributed by atoms with Gasteiger partial charge in [0, 0.05) is 0 Å². The fraction of sp³-hybridized carbons (Fsp3) is 0.400. The first kappa shape index (κ1) is 15.9. The zero-order valence-electron chi connectivity index (χ0n) is 14.8. The van der Waals surface area contributed by atoms with Crippen molar-refractivity contribution < 1.29 is 9.31 Å². The maximum Gasteiger partial charge on any atom is 0.480 e. The van der Waals surface area contributed by atoms with Gasteiger partial charge in [-0.3, -0.25) is 0 Å². The summed E-state index contributed by atoms with van der Waals surface area (Å²) in [6.45, 7) is 8.22. The van der Waals surface area contributed by atoms with Crippen molar-refractivity contribution in [1.82, 2.24) is 0 Å². The molecule has 0 spiro atoms. The summed E-state index contributed by atoms with van der Waals surface area (Å²) in [5, 5.41) is 0. The predicted molar refractivity (Wildman–Crippen MR) is 97.7 cm³/mol. The Kier molecular flexibility index (Phi) is 3.43. The molecule has 24 heavy (non-hydrogen) atoms. The van der Waals surface area contributed by atoms with E-state index in [1.807, 2.05) is 0 Å². The number of fused-ring (bicyclic) bond motifs is 3. The van der Waals surface area contributed by atoms with Crippen LogP contribution in [0.3, 0.4) is 0 Å². The van der Waals surface area contributed by atoms with Crippen molar-refractivity contribution >= 4 is 7.12 Å². The molecule has 4 rings (SSSR count). The molecule has 124 valence electrons. The standard InChI is InChI=1S/C20H24BNO2/c1-19(2)20(3,4)24-21(23-19)18(22)14-9-10-17-15(12-14)11-13-7-5-6-8-16(13)17/h5-10,12,18H,11,22H2,1-4H3/t18-/m1/s1. The van der Waals surface area contributed by atoms with Gasteiger partial charge in [-0.25, -0.2) is 0 Å². The van der Waals surface area contributed by atoms with E-state index in [4.69, 9.17) is 15.0 Å². The van der Waals surface area contributed by atoms with Crippen LogP contribution in [0.5, 0.6) is 0 Å². The summed E-state index contributed by atoms with van der Waals surface area (Å²) in [7, 11) is -0.420. The lowest BCUT2D eigenvalue weighted by molar-refractivity contribution is 0.00578. The van der Waals surface area contributed by atoms with E-state index in [0.29, 0.717) is 0 Å². The van der Waals surface area contributed by atoms with Crippen LogP contribution in [-0.4, -0.2) is 18.3 Å². The Balaban J connectivity index is 1.62. The van der Waals surface area contributed by atoms with Gasteiger partial charge in [0.15, 0.2) is 0 Å². The van der Waals surface area contributed by atoms with Crippen LogP contribution in [0.4, 0.5) is 0 Å². The molecule has 4 heteroatoms. The van der Waals surface area contributed by atoms with Gasteiger partial charge in [-0.15, -0.1) is 0 Å². The van der Waals surface area contributed by atoms with Gasteiger partial charge in [0.25, 0.3) is 0 Å². The molecule has 0 amide bonds. The average Bonchev–Trinajstić information content (AvgIpc) is 3.00. The molecular weight excluding hydrogens is 297 g/mol. The molecule has 2 N–H and O–H groups in total. The molecule has 1 aliphatic carbocycles. The molecule has 0 aromatic heterocycles. The molecule has 1 atom stereocenters. The van der Waals surface area contributed by atoms with Crippen molar-refractivity contribution in [3.05, 3.63) is 59.2 Å². The minimum atomic E-state index is -0.420. The van der Waals surface area contributed by atoms with Crippen molar-refractivity contribution in [1.29, 1.82) is 0 Å². The summed E-state index contributed by atoms with van der Waals surface area (Å²) < 4.78 is 12.2. The highest BCUT2D eigenvalue weighted by atomic mass is 16.7. The Morgan fingerprint density at radius 3 is 2.25 bits per heavy atom. The summed E-state index contributed by atoms with van der Waals surface area (Å²) >= 11 is 0. The van der Waals surface area contributed by atoms with E-state index < -0.39 is 7.12 Å². The second-order valence-electron chi connectivity index (χ2n) is 7.90. The molecule has 1 saturated heterocycles. The molecule has 1 heterocycles. The Hall–Kier alpha value is -1.62. The second kappa shape index (κ2) is 5.19. The summed E-state index contributed by atoms with van der Waals surface area (Å²) in [6, 6.07) is 15.1. The monoisotopic (exact) mass is 321 g/mol. The molecule has 2 aliphatic rings. The molecule has 2 aromatic carbocycles. The highest BCUT2D eigenvalue weighted by Crippen LogP contribution is 2.41. The molecule has 1 fully saturated rings. The minimum Gasteiger partial charge on any atom is -0.402 e. The van der Waals surface area contributed by atoms with Crippen LogP contribution in [0, 0.1) is 0 Å². The van der Waals surface area contributed by atoms with Gasteiger partial charge in [-0.2, -0.15) is 0 Å². The smallest absolute Gasteiger partial charge is 0.402 e. The topological polar surface area (TPSA) is 44.5 Å². The number of nitrogens with two attached hydrogens (primary N) is 1. The van der Waals surface area contributed by atoms with Crippen molar-refractivity contribution in [3.63, 3.8) is 0 Å². The van der Waals surface area contributed by atoms with Crippen molar-refractivity contribution in [2.24, 2.45) is 5.73 Å². The largest absolute Gasteiger partial charge is 0.480 e. The fourth-order valence-corrected chi connectivity index (χ4v) is 3.56. The molecule has 2 aromatic rings. The van der Waals surface area contributed by atoms with Gasteiger partial charge >= 0.3 is 7.12 Å². The Labute approximate surface area is 144 Å². The average molecular weight is 321 g/mol. The summed E-state index contributed by atoms with van der Waals surface area (Å²) in [6.07, 6.45) is 0.968. The maximum atomic E-state index is 6.49. The van der Waals surface area contributed by atoms with Crippen molar-refractivity contribution in [3.8, 4) is 11.1 Å². The minimum absolute atomic E-state index is 0.292. The molecule has 0 unspecified atom stereocenters. The van der Waals surface area contributed by atoms with Gasteiger partial charge in [0.05, 0.1) is 17.1 Å². The zero-order valence-corrected chi connectivity index (χ0v) is 14.8. The highest BCUT2D eigenvalue weighted by molar-refractivity contribution is 6.47. The van der Waals surface area contributed by atoms with Gasteiger partial charge in [0.2, 0.25) is 0 Å². The van der Waals surface area contributed by atoms with Crippen LogP contribution < -0.4 is 5.73 Å². The molecule has 1 aliphatic heterocycles. The first-order chi connectivity index (χ1) is 11.3. The first-order valence-corrected chi connectivity index (χ1v) is 8.61. The lowest BCUT2D eigenvalue weighted by Crippen LogP contribution is -2.41. The second-order valence-corrected chi connectivity index (χ2v) is 7.90. The van der Waals surface area contributed by atoms with Crippen LogP contribution in [-0.2, 0) is 15.7 Å². The first-order valence-electron chi connectivity index (χ1n) is 8.61. The third-order valence-corrected chi connectivity index (χ3v) is 5.77. The molecule has 0 bridgehead atoms. The number of hydrogen-bond donors (Lipinski definition) is 1. The third kappa shape index (κ3) is 2.33. The van der Waals surface area contributed by atoms with Crippen LogP contribution in [0.15, 0.2) is 42.5 Å². The van der Waals surface area contributed by atoms with E-state index in [1.165, 1.54) is 22.3 Å². The Morgan fingerprint density at radius 1 is 0.917 bits per heavy atom. The van der Waals surface area contributed by atoms with Gasteiger partial charge < -0.3 is 15.0 Å². The van der Waals surface area contributed by atoms with Crippen molar-refractivity contribution in [2.45, 2.75) is 51.3 Å². The number of benzene rings is 2. The predicted octanol–water partition coefficient (Wildman–Crippen LogP) is 3.89. The molecule has 0 saturated carbocycles. The lowest BCUT2D eigenvalue weighted by atomic mass is 9.74. The van der Waals surface area contributed by atoms with E-state index in [-0.39, 0.29) is 17.1 Å². The maximum absolute atomic E-state index is 6.49. The summed E-state index contributed by atoms with van der Waals surface area (Å²) in [5.74, 6) is -0.292. The fourth-order valence-electron chi connectivity index (χ4n) is 3.56. The number of rotatable bonds is 2. The number of hydrogen-bond acceptors (Lipinski definition) is 3. The Bertz CT molecular complexity index is 784. The van der Waals surface area contributed by atoms with Crippen LogP contribution in [0.1, 0.15) is 50.3 Å². The SMILES string of the molecule is CC1(C)OB([C@H](N)c2ccc3c(c2)Cc2ccccc2-3)OC1(C)C. The summed E-state index contributed by atoms with van der Waals surface area (Å²) in [4.78, 5) is 0. The molecular formula is C20H24BNO2. The van der Waals surface area contributed by atoms with Gasteiger partial charge in [0.1, 0.15) is 0 Å². The van der Waals surface area contributed by atoms with Crippen LogP contribution >= 0.6 is 0 Å². The van der Waals surface area contributed by atoms with E-state index in [0.717, 1.165) is 12.0 Å². The zero-order chi connectivity index (χ0) is 17.1. The Morgan fingerprint density at radius 2 is 1.54 bits per heavy atom. The molecule has 3 nitrogen and oxygen atoms in total. The quantitative estimate of drug-likeness (QED) is 0.728.